The minimum Gasteiger partial charge on any atom is -0.341 e. The number of H-pyrrole nitrogens is 2. The van der Waals surface area contributed by atoms with E-state index in [4.69, 9.17) is 0 Å². The highest BCUT2D eigenvalue weighted by molar-refractivity contribution is 7.98. The highest BCUT2D eigenvalue weighted by Gasteiger charge is 2.09. The van der Waals surface area contributed by atoms with Gasteiger partial charge in [-0.3, -0.25) is 4.79 Å². The maximum Gasteiger partial charge on any atom is 0.248 e. The molecule has 1 aromatic carbocycles. The van der Waals surface area contributed by atoms with E-state index >= 15 is 0 Å². The number of nitrogens with zero attached hydrogens (tertiary/aromatic N) is 3. The summed E-state index contributed by atoms with van der Waals surface area (Å²) in [6.07, 6.45) is 3.10. The summed E-state index contributed by atoms with van der Waals surface area (Å²) in [4.78, 5) is 30.2. The minimum atomic E-state index is -0.0938. The van der Waals surface area contributed by atoms with Crippen LogP contribution in [0.2, 0.25) is 0 Å². The molecule has 6 nitrogen and oxygen atoms in total. The average Bonchev–Trinajstić information content (AvgIpc) is 3.01. The number of rotatable bonds is 3. The number of para-hydroxylation sites is 1. The van der Waals surface area contributed by atoms with Crippen LogP contribution in [0.25, 0.3) is 22.1 Å². The second kappa shape index (κ2) is 5.27. The largest absolute Gasteiger partial charge is 0.341 e. The van der Waals surface area contributed by atoms with Crippen LogP contribution in [0.4, 0.5) is 0 Å². The molecule has 0 aliphatic carbocycles. The van der Waals surface area contributed by atoms with Gasteiger partial charge in [-0.15, -0.1) is 0 Å². The summed E-state index contributed by atoms with van der Waals surface area (Å²) in [7, 11) is 0. The predicted octanol–water partition coefficient (Wildman–Crippen LogP) is 2.49. The molecule has 22 heavy (non-hydrogen) atoms. The molecule has 0 aliphatic heterocycles. The molecule has 3 heterocycles. The third-order valence-electron chi connectivity index (χ3n) is 3.39. The summed E-state index contributed by atoms with van der Waals surface area (Å²) < 4.78 is 0. The minimum absolute atomic E-state index is 0.0938. The number of pyridine rings is 1. The maximum absolute atomic E-state index is 11.8. The van der Waals surface area contributed by atoms with Crippen LogP contribution in [-0.2, 0) is 5.75 Å². The Kier molecular flexibility index (Phi) is 3.12. The summed E-state index contributed by atoms with van der Waals surface area (Å²) in [5.41, 5.74) is 3.20. The van der Waals surface area contributed by atoms with Crippen LogP contribution in [0.15, 0.2) is 52.8 Å². The van der Waals surface area contributed by atoms with E-state index in [-0.39, 0.29) is 5.56 Å². The van der Waals surface area contributed by atoms with E-state index in [0.29, 0.717) is 11.4 Å². The fraction of sp³-hybridized carbons (Fsp3) is 0.0667. The molecule has 0 atom stereocenters. The van der Waals surface area contributed by atoms with Gasteiger partial charge in [-0.05, 0) is 11.6 Å². The molecular formula is C15H11N5OS. The zero-order chi connectivity index (χ0) is 14.9. The van der Waals surface area contributed by atoms with Gasteiger partial charge in [0.1, 0.15) is 16.9 Å². The van der Waals surface area contributed by atoms with Crippen molar-refractivity contribution in [3.63, 3.8) is 0 Å². The number of hydrogen-bond donors (Lipinski definition) is 2. The Morgan fingerprint density at radius 3 is 3.00 bits per heavy atom. The molecule has 4 rings (SSSR count). The Morgan fingerprint density at radius 1 is 1.14 bits per heavy atom. The molecule has 0 bridgehead atoms. The van der Waals surface area contributed by atoms with E-state index in [0.717, 1.165) is 27.0 Å². The standard InChI is InChI=1S/C15H11N5OS/c21-12-5-9(10-3-1-2-4-11(10)20-12)6-22-15-13-14(17-7-16-13)18-8-19-15/h1-5,7-8H,6H2,(H,20,21)(H,16,17,18,19). The normalized spacial score (nSPS) is 11.3. The molecule has 0 amide bonds. The molecule has 3 aromatic heterocycles. The van der Waals surface area contributed by atoms with Crippen LogP contribution in [0.3, 0.4) is 0 Å². The second-order valence-electron chi connectivity index (χ2n) is 4.77. The smallest absolute Gasteiger partial charge is 0.248 e. The van der Waals surface area contributed by atoms with Crippen LogP contribution in [0.1, 0.15) is 5.56 Å². The first-order valence-electron chi connectivity index (χ1n) is 6.69. The summed E-state index contributed by atoms with van der Waals surface area (Å²) in [6.45, 7) is 0. The summed E-state index contributed by atoms with van der Waals surface area (Å²) in [6, 6.07) is 9.43. The van der Waals surface area contributed by atoms with Gasteiger partial charge < -0.3 is 9.97 Å². The first-order chi connectivity index (χ1) is 10.8. The lowest BCUT2D eigenvalue weighted by Crippen LogP contribution is -2.06. The molecule has 0 spiro atoms. The number of hydrogen-bond acceptors (Lipinski definition) is 5. The van der Waals surface area contributed by atoms with Crippen molar-refractivity contribution in [1.29, 1.82) is 0 Å². The highest BCUT2D eigenvalue weighted by atomic mass is 32.2. The number of thioether (sulfide) groups is 1. The summed E-state index contributed by atoms with van der Waals surface area (Å²) in [5.74, 6) is 0.648. The lowest BCUT2D eigenvalue weighted by atomic mass is 10.1. The number of aromatic amines is 2. The van der Waals surface area contributed by atoms with Crippen molar-refractivity contribution >= 4 is 33.8 Å². The first kappa shape index (κ1) is 13.0. The van der Waals surface area contributed by atoms with Crippen LogP contribution in [0.5, 0.6) is 0 Å². The number of imidazole rings is 1. The van der Waals surface area contributed by atoms with Crippen molar-refractivity contribution in [2.24, 2.45) is 0 Å². The molecule has 0 unspecified atom stereocenters. The van der Waals surface area contributed by atoms with Crippen LogP contribution in [-0.4, -0.2) is 24.9 Å². The highest BCUT2D eigenvalue weighted by Crippen LogP contribution is 2.27. The van der Waals surface area contributed by atoms with Crippen molar-refractivity contribution < 1.29 is 0 Å². The topological polar surface area (TPSA) is 87.3 Å². The van der Waals surface area contributed by atoms with Gasteiger partial charge >= 0.3 is 0 Å². The first-order valence-corrected chi connectivity index (χ1v) is 7.67. The van der Waals surface area contributed by atoms with E-state index in [1.54, 1.807) is 24.2 Å². The van der Waals surface area contributed by atoms with Crippen LogP contribution in [0, 0.1) is 0 Å². The van der Waals surface area contributed by atoms with Gasteiger partial charge in [0.25, 0.3) is 0 Å². The van der Waals surface area contributed by atoms with Crippen molar-refractivity contribution in [2.45, 2.75) is 10.8 Å². The van der Waals surface area contributed by atoms with Crippen molar-refractivity contribution in [1.82, 2.24) is 24.9 Å². The molecule has 0 saturated carbocycles. The Balaban J connectivity index is 1.72. The molecule has 0 fully saturated rings. The average molecular weight is 309 g/mol. The zero-order valence-electron chi connectivity index (χ0n) is 11.4. The third-order valence-corrected chi connectivity index (χ3v) is 4.43. The monoisotopic (exact) mass is 309 g/mol. The zero-order valence-corrected chi connectivity index (χ0v) is 12.2. The van der Waals surface area contributed by atoms with Crippen molar-refractivity contribution in [2.75, 3.05) is 0 Å². The number of fused-ring (bicyclic) bond motifs is 2. The molecule has 108 valence electrons. The number of nitrogens with one attached hydrogen (secondary N) is 2. The Morgan fingerprint density at radius 2 is 2.05 bits per heavy atom. The SMILES string of the molecule is O=c1cc(CSc2ncnc3nc[nH]c23)c2ccccc2[nH]1. The summed E-state index contributed by atoms with van der Waals surface area (Å²) in [5, 5.41) is 1.87. The third kappa shape index (κ3) is 2.25. The van der Waals surface area contributed by atoms with Crippen molar-refractivity contribution in [3.05, 3.63) is 58.9 Å². The van der Waals surface area contributed by atoms with Crippen molar-refractivity contribution in [3.8, 4) is 0 Å². The van der Waals surface area contributed by atoms with Gasteiger partial charge in [0.15, 0.2) is 5.65 Å². The number of aromatic nitrogens is 5. The van der Waals surface area contributed by atoms with E-state index in [1.807, 2.05) is 24.3 Å². The molecule has 4 aromatic rings. The lowest BCUT2D eigenvalue weighted by Gasteiger charge is -2.06. The van der Waals surface area contributed by atoms with Gasteiger partial charge in [0, 0.05) is 22.7 Å². The Bertz CT molecular complexity index is 1020. The van der Waals surface area contributed by atoms with E-state index in [2.05, 4.69) is 24.9 Å². The fourth-order valence-corrected chi connectivity index (χ4v) is 3.34. The fourth-order valence-electron chi connectivity index (χ4n) is 2.39. The molecular weight excluding hydrogens is 298 g/mol. The van der Waals surface area contributed by atoms with Gasteiger partial charge in [0.05, 0.1) is 6.33 Å². The molecule has 0 aliphatic rings. The Labute approximate surface area is 129 Å². The van der Waals surface area contributed by atoms with Gasteiger partial charge in [-0.2, -0.15) is 0 Å². The molecule has 2 N–H and O–H groups in total. The quantitative estimate of drug-likeness (QED) is 0.448. The Hall–Kier alpha value is -2.67. The predicted molar refractivity (Wildman–Crippen MR) is 85.8 cm³/mol. The second-order valence-corrected chi connectivity index (χ2v) is 5.74. The molecule has 7 heteroatoms. The van der Waals surface area contributed by atoms with Gasteiger partial charge in [-0.1, -0.05) is 30.0 Å². The van der Waals surface area contributed by atoms with E-state index < -0.39 is 0 Å². The molecule has 0 radical (unpaired) electrons. The van der Waals surface area contributed by atoms with Gasteiger partial charge in [-0.25, -0.2) is 15.0 Å². The number of benzene rings is 1. The van der Waals surface area contributed by atoms with E-state index in [1.165, 1.54) is 6.33 Å². The van der Waals surface area contributed by atoms with Gasteiger partial charge in [0.2, 0.25) is 5.56 Å². The van der Waals surface area contributed by atoms with E-state index in [9.17, 15) is 4.79 Å². The maximum atomic E-state index is 11.8. The molecule has 0 saturated heterocycles. The lowest BCUT2D eigenvalue weighted by molar-refractivity contribution is 1.08. The van der Waals surface area contributed by atoms with Crippen LogP contribution < -0.4 is 5.56 Å². The summed E-state index contributed by atoms with van der Waals surface area (Å²) >= 11 is 1.56. The van der Waals surface area contributed by atoms with Crippen LogP contribution >= 0.6 is 11.8 Å².